The normalized spacial score (nSPS) is 11.2. The Labute approximate surface area is 162 Å². The van der Waals surface area contributed by atoms with Gasteiger partial charge in [-0.1, -0.05) is 36.4 Å². The van der Waals surface area contributed by atoms with Crippen LogP contribution in [0.15, 0.2) is 75.4 Å². The molecule has 0 atom stereocenters. The number of anilines is 1. The van der Waals surface area contributed by atoms with Gasteiger partial charge < -0.3 is 5.32 Å². The second kappa shape index (κ2) is 7.77. The third kappa shape index (κ3) is 4.01. The molecular formula is C20H19N3O4S. The standard InChI is InChI=1S/C20H19N3O4S/c1-14-7-6-8-15(2)20(14)21-17(24)13-23-19(25)12-11-18(22-23)28(26,27)16-9-4-3-5-10-16/h3-12H,13H2,1-2H3,(H,21,24). The van der Waals surface area contributed by atoms with Gasteiger partial charge in [0.1, 0.15) is 6.54 Å². The van der Waals surface area contributed by atoms with Crippen molar-refractivity contribution in [1.29, 1.82) is 0 Å². The Morgan fingerprint density at radius 1 is 0.964 bits per heavy atom. The van der Waals surface area contributed by atoms with Gasteiger partial charge in [0.05, 0.1) is 4.90 Å². The second-order valence-electron chi connectivity index (χ2n) is 6.30. The van der Waals surface area contributed by atoms with Crippen LogP contribution in [0.2, 0.25) is 0 Å². The molecule has 2 aromatic carbocycles. The number of hydrogen-bond acceptors (Lipinski definition) is 5. The Balaban J connectivity index is 1.88. The van der Waals surface area contributed by atoms with E-state index >= 15 is 0 Å². The minimum atomic E-state index is -3.89. The number of benzene rings is 2. The Hall–Kier alpha value is -3.26. The zero-order chi connectivity index (χ0) is 20.3. The van der Waals surface area contributed by atoms with Crippen LogP contribution < -0.4 is 10.9 Å². The summed E-state index contributed by atoms with van der Waals surface area (Å²) >= 11 is 0. The smallest absolute Gasteiger partial charge is 0.267 e. The van der Waals surface area contributed by atoms with E-state index in [1.807, 2.05) is 32.0 Å². The number of hydrogen-bond donors (Lipinski definition) is 1. The van der Waals surface area contributed by atoms with Crippen molar-refractivity contribution in [3.63, 3.8) is 0 Å². The first-order valence-corrected chi connectivity index (χ1v) is 10.0. The second-order valence-corrected chi connectivity index (χ2v) is 8.20. The van der Waals surface area contributed by atoms with Gasteiger partial charge in [0.2, 0.25) is 15.7 Å². The number of nitrogens with one attached hydrogen (secondary N) is 1. The highest BCUT2D eigenvalue weighted by Crippen LogP contribution is 2.19. The molecule has 0 saturated heterocycles. The molecular weight excluding hydrogens is 378 g/mol. The number of aryl methyl sites for hydroxylation is 2. The molecule has 0 aliphatic heterocycles. The molecule has 0 aliphatic rings. The zero-order valence-corrected chi connectivity index (χ0v) is 16.2. The molecule has 1 heterocycles. The van der Waals surface area contributed by atoms with Crippen molar-refractivity contribution in [2.45, 2.75) is 30.3 Å². The molecule has 0 fully saturated rings. The van der Waals surface area contributed by atoms with Crippen LogP contribution in [0.25, 0.3) is 0 Å². The maximum Gasteiger partial charge on any atom is 0.267 e. The summed E-state index contributed by atoms with van der Waals surface area (Å²) in [5.74, 6) is -0.471. The number of nitrogens with zero attached hydrogens (tertiary/aromatic N) is 2. The largest absolute Gasteiger partial charge is 0.324 e. The molecule has 0 saturated carbocycles. The molecule has 7 nitrogen and oxygen atoms in total. The zero-order valence-electron chi connectivity index (χ0n) is 15.4. The van der Waals surface area contributed by atoms with E-state index in [9.17, 15) is 18.0 Å². The molecule has 1 amide bonds. The number of sulfone groups is 1. The summed E-state index contributed by atoms with van der Waals surface area (Å²) < 4.78 is 26.2. The van der Waals surface area contributed by atoms with E-state index in [0.29, 0.717) is 5.69 Å². The molecule has 1 N–H and O–H groups in total. The molecule has 3 rings (SSSR count). The molecule has 8 heteroatoms. The fourth-order valence-electron chi connectivity index (χ4n) is 2.73. The lowest BCUT2D eigenvalue weighted by atomic mass is 10.1. The Kier molecular flexibility index (Phi) is 5.41. The van der Waals surface area contributed by atoms with E-state index in [0.717, 1.165) is 27.9 Å². The van der Waals surface area contributed by atoms with Crippen LogP contribution in [0.4, 0.5) is 5.69 Å². The van der Waals surface area contributed by atoms with E-state index in [1.165, 1.54) is 12.1 Å². The van der Waals surface area contributed by atoms with Crippen molar-refractivity contribution in [2.24, 2.45) is 0 Å². The molecule has 0 aliphatic carbocycles. The first kappa shape index (κ1) is 19.5. The molecule has 0 spiro atoms. The summed E-state index contributed by atoms with van der Waals surface area (Å²) in [6.07, 6.45) is 0. The molecule has 144 valence electrons. The average Bonchev–Trinajstić information content (AvgIpc) is 2.67. The minimum Gasteiger partial charge on any atom is -0.324 e. The lowest BCUT2D eigenvalue weighted by Crippen LogP contribution is -2.30. The van der Waals surface area contributed by atoms with Gasteiger partial charge in [-0.15, -0.1) is 0 Å². The first-order valence-electron chi connectivity index (χ1n) is 8.53. The SMILES string of the molecule is Cc1cccc(C)c1NC(=O)Cn1nc(S(=O)(=O)c2ccccc2)ccc1=O. The van der Waals surface area contributed by atoms with E-state index < -0.39 is 27.8 Å². The number of rotatable bonds is 5. The van der Waals surface area contributed by atoms with Gasteiger partial charge in [0, 0.05) is 11.8 Å². The topological polar surface area (TPSA) is 98.1 Å². The van der Waals surface area contributed by atoms with Crippen LogP contribution >= 0.6 is 0 Å². The van der Waals surface area contributed by atoms with Crippen molar-refractivity contribution in [3.05, 3.63) is 82.1 Å². The molecule has 3 aromatic rings. The van der Waals surface area contributed by atoms with Crippen LogP contribution in [0.3, 0.4) is 0 Å². The highest BCUT2D eigenvalue weighted by molar-refractivity contribution is 7.91. The van der Waals surface area contributed by atoms with Crippen LogP contribution in [0.5, 0.6) is 0 Å². The molecule has 0 unspecified atom stereocenters. The summed E-state index contributed by atoms with van der Waals surface area (Å²) in [5, 5.41) is 6.36. The van der Waals surface area contributed by atoms with Crippen LogP contribution in [0, 0.1) is 13.8 Å². The van der Waals surface area contributed by atoms with Crippen molar-refractivity contribution in [1.82, 2.24) is 9.78 Å². The monoisotopic (exact) mass is 397 g/mol. The van der Waals surface area contributed by atoms with Crippen LogP contribution in [-0.4, -0.2) is 24.1 Å². The number of carbonyl (C=O) groups is 1. The van der Waals surface area contributed by atoms with E-state index in [1.54, 1.807) is 18.2 Å². The van der Waals surface area contributed by atoms with Crippen molar-refractivity contribution >= 4 is 21.4 Å². The number of para-hydroxylation sites is 1. The molecule has 1 aromatic heterocycles. The van der Waals surface area contributed by atoms with Crippen molar-refractivity contribution in [2.75, 3.05) is 5.32 Å². The Morgan fingerprint density at radius 3 is 2.25 bits per heavy atom. The average molecular weight is 397 g/mol. The number of aromatic nitrogens is 2. The first-order chi connectivity index (χ1) is 13.3. The van der Waals surface area contributed by atoms with Gasteiger partial charge in [0.25, 0.3) is 5.56 Å². The highest BCUT2D eigenvalue weighted by atomic mass is 32.2. The van der Waals surface area contributed by atoms with Gasteiger partial charge in [0.15, 0.2) is 5.03 Å². The number of carbonyl (C=O) groups excluding carboxylic acids is 1. The van der Waals surface area contributed by atoms with Crippen molar-refractivity contribution < 1.29 is 13.2 Å². The van der Waals surface area contributed by atoms with E-state index in [-0.39, 0.29) is 9.92 Å². The summed E-state index contributed by atoms with van der Waals surface area (Å²) in [5.41, 5.74) is 1.86. The van der Waals surface area contributed by atoms with Crippen LogP contribution in [-0.2, 0) is 21.2 Å². The van der Waals surface area contributed by atoms with E-state index in [2.05, 4.69) is 10.4 Å². The third-order valence-corrected chi connectivity index (χ3v) is 5.87. The summed E-state index contributed by atoms with van der Waals surface area (Å²) in [6.45, 7) is 3.32. The quantitative estimate of drug-likeness (QED) is 0.713. The fourth-order valence-corrected chi connectivity index (χ4v) is 3.94. The van der Waals surface area contributed by atoms with Crippen LogP contribution in [0.1, 0.15) is 11.1 Å². The molecule has 28 heavy (non-hydrogen) atoms. The summed E-state index contributed by atoms with van der Waals surface area (Å²) in [6, 6.07) is 15.6. The lowest BCUT2D eigenvalue weighted by Gasteiger charge is -2.12. The van der Waals surface area contributed by atoms with Gasteiger partial charge in [-0.2, -0.15) is 5.10 Å². The predicted molar refractivity (Wildman–Crippen MR) is 105 cm³/mol. The lowest BCUT2D eigenvalue weighted by molar-refractivity contribution is -0.117. The predicted octanol–water partition coefficient (Wildman–Crippen LogP) is 2.33. The van der Waals surface area contributed by atoms with E-state index in [4.69, 9.17) is 0 Å². The summed E-state index contributed by atoms with van der Waals surface area (Å²) in [7, 11) is -3.89. The Morgan fingerprint density at radius 2 is 1.61 bits per heavy atom. The van der Waals surface area contributed by atoms with Gasteiger partial charge in [-0.05, 0) is 43.2 Å². The minimum absolute atomic E-state index is 0.0627. The highest BCUT2D eigenvalue weighted by Gasteiger charge is 2.20. The van der Waals surface area contributed by atoms with Gasteiger partial charge >= 0.3 is 0 Å². The maximum absolute atomic E-state index is 12.7. The van der Waals surface area contributed by atoms with Gasteiger partial charge in [-0.3, -0.25) is 9.59 Å². The maximum atomic E-state index is 12.7. The molecule has 0 radical (unpaired) electrons. The third-order valence-electron chi connectivity index (χ3n) is 4.21. The Bertz CT molecular complexity index is 1170. The molecule has 0 bridgehead atoms. The van der Waals surface area contributed by atoms with Crippen molar-refractivity contribution in [3.8, 4) is 0 Å². The number of amides is 1. The fraction of sp³-hybridized carbons (Fsp3) is 0.150. The van der Waals surface area contributed by atoms with Gasteiger partial charge in [-0.25, -0.2) is 13.1 Å². The summed E-state index contributed by atoms with van der Waals surface area (Å²) in [4.78, 5) is 24.6.